The highest BCUT2D eigenvalue weighted by Crippen LogP contribution is 2.29. The number of likely N-dealkylation sites (N-methyl/N-ethyl adjacent to an activating group) is 1. The molecule has 0 aromatic heterocycles. The van der Waals surface area contributed by atoms with Crippen LogP contribution in [0.4, 0.5) is 0 Å². The summed E-state index contributed by atoms with van der Waals surface area (Å²) < 4.78 is 6.28. The van der Waals surface area contributed by atoms with Gasteiger partial charge in [-0.2, -0.15) is 0 Å². The Labute approximate surface area is 94.8 Å². The number of nitrogens with one attached hydrogen (secondary N) is 1. The molecule has 15 heavy (non-hydrogen) atoms. The lowest BCUT2D eigenvalue weighted by Crippen LogP contribution is -2.42. The maximum atomic E-state index is 6.28. The summed E-state index contributed by atoms with van der Waals surface area (Å²) >= 11 is 0. The van der Waals surface area contributed by atoms with Crippen molar-refractivity contribution >= 4 is 0 Å². The molecule has 1 saturated carbocycles. The molecule has 1 N–H and O–H groups in total. The van der Waals surface area contributed by atoms with Gasteiger partial charge in [-0.15, -0.1) is 0 Å². The summed E-state index contributed by atoms with van der Waals surface area (Å²) in [5.41, 5.74) is 0.0243. The summed E-state index contributed by atoms with van der Waals surface area (Å²) in [5, 5.41) is 3.24. The van der Waals surface area contributed by atoms with Gasteiger partial charge in [0.2, 0.25) is 0 Å². The Hall–Kier alpha value is -0.0800. The topological polar surface area (TPSA) is 21.3 Å². The van der Waals surface area contributed by atoms with Crippen molar-refractivity contribution in [1.29, 1.82) is 0 Å². The monoisotopic (exact) mass is 213 g/mol. The quantitative estimate of drug-likeness (QED) is 0.758. The number of rotatable bonds is 5. The summed E-state index contributed by atoms with van der Waals surface area (Å²) in [6.07, 6.45) is 6.80. The zero-order valence-electron chi connectivity index (χ0n) is 10.8. The molecule has 0 bridgehead atoms. The van der Waals surface area contributed by atoms with E-state index in [0.717, 1.165) is 18.9 Å². The minimum atomic E-state index is 0.0243. The van der Waals surface area contributed by atoms with E-state index in [9.17, 15) is 0 Å². The third-order valence-electron chi connectivity index (χ3n) is 3.64. The lowest BCUT2D eigenvalue weighted by molar-refractivity contribution is -0.100. The first kappa shape index (κ1) is 13.0. The first-order valence-electron chi connectivity index (χ1n) is 6.42. The molecule has 0 amide bonds. The van der Waals surface area contributed by atoms with Gasteiger partial charge in [0.25, 0.3) is 0 Å². The van der Waals surface area contributed by atoms with Crippen molar-refractivity contribution < 1.29 is 4.74 Å². The van der Waals surface area contributed by atoms with E-state index in [-0.39, 0.29) is 5.60 Å². The van der Waals surface area contributed by atoms with Gasteiger partial charge in [-0.3, -0.25) is 0 Å². The number of hydrogen-bond donors (Lipinski definition) is 1. The summed E-state index contributed by atoms with van der Waals surface area (Å²) in [7, 11) is 2.00. The molecular weight excluding hydrogens is 186 g/mol. The van der Waals surface area contributed by atoms with Crippen LogP contribution in [0.3, 0.4) is 0 Å². The highest BCUT2D eigenvalue weighted by Gasteiger charge is 2.28. The molecule has 0 aromatic rings. The Balaban J connectivity index is 2.43. The zero-order chi connectivity index (χ0) is 11.3. The van der Waals surface area contributed by atoms with Gasteiger partial charge in [0, 0.05) is 6.54 Å². The second kappa shape index (κ2) is 5.86. The molecule has 3 unspecified atom stereocenters. The van der Waals surface area contributed by atoms with E-state index in [1.807, 2.05) is 7.05 Å². The van der Waals surface area contributed by atoms with Crippen molar-refractivity contribution in [3.05, 3.63) is 0 Å². The molecule has 1 aliphatic rings. The minimum absolute atomic E-state index is 0.0243. The van der Waals surface area contributed by atoms with Gasteiger partial charge in [-0.25, -0.2) is 0 Å². The standard InChI is InChI=1S/C13H27NO/c1-5-13(3,10-14-4)15-12-8-6-7-11(2)9-12/h11-12,14H,5-10H2,1-4H3. The molecule has 3 atom stereocenters. The first-order chi connectivity index (χ1) is 7.09. The van der Waals surface area contributed by atoms with Gasteiger partial charge >= 0.3 is 0 Å². The molecule has 0 aliphatic heterocycles. The van der Waals surface area contributed by atoms with E-state index >= 15 is 0 Å². The van der Waals surface area contributed by atoms with Crippen LogP contribution >= 0.6 is 0 Å². The van der Waals surface area contributed by atoms with Crippen molar-refractivity contribution in [2.75, 3.05) is 13.6 Å². The van der Waals surface area contributed by atoms with Crippen LogP contribution in [0, 0.1) is 5.92 Å². The summed E-state index contributed by atoms with van der Waals surface area (Å²) in [4.78, 5) is 0. The molecule has 1 fully saturated rings. The molecule has 0 heterocycles. The third-order valence-corrected chi connectivity index (χ3v) is 3.64. The van der Waals surface area contributed by atoms with E-state index < -0.39 is 0 Å². The summed E-state index contributed by atoms with van der Waals surface area (Å²) in [5.74, 6) is 0.847. The van der Waals surface area contributed by atoms with Crippen LogP contribution in [0.15, 0.2) is 0 Å². The van der Waals surface area contributed by atoms with Crippen molar-refractivity contribution in [2.45, 2.75) is 64.6 Å². The van der Waals surface area contributed by atoms with Gasteiger partial charge in [-0.05, 0) is 39.2 Å². The lowest BCUT2D eigenvalue weighted by atomic mass is 9.88. The van der Waals surface area contributed by atoms with Gasteiger partial charge in [0.05, 0.1) is 11.7 Å². The third kappa shape index (κ3) is 4.12. The van der Waals surface area contributed by atoms with E-state index in [0.29, 0.717) is 6.10 Å². The average Bonchev–Trinajstić information content (AvgIpc) is 2.18. The van der Waals surface area contributed by atoms with Gasteiger partial charge < -0.3 is 10.1 Å². The van der Waals surface area contributed by atoms with Gasteiger partial charge in [0.1, 0.15) is 0 Å². The Morgan fingerprint density at radius 1 is 1.40 bits per heavy atom. The van der Waals surface area contributed by atoms with Crippen LogP contribution in [0.25, 0.3) is 0 Å². The molecule has 0 saturated heterocycles. The molecular formula is C13H27NO. The smallest absolute Gasteiger partial charge is 0.0779 e. The van der Waals surface area contributed by atoms with E-state index in [1.54, 1.807) is 0 Å². The molecule has 1 rings (SSSR count). The molecule has 90 valence electrons. The Morgan fingerprint density at radius 2 is 2.13 bits per heavy atom. The summed E-state index contributed by atoms with van der Waals surface area (Å²) in [6.45, 7) is 7.73. The highest BCUT2D eigenvalue weighted by molar-refractivity contribution is 4.80. The lowest BCUT2D eigenvalue weighted by Gasteiger charge is -2.36. The molecule has 2 heteroatoms. The van der Waals surface area contributed by atoms with Crippen LogP contribution < -0.4 is 5.32 Å². The zero-order valence-corrected chi connectivity index (χ0v) is 10.8. The molecule has 2 nitrogen and oxygen atoms in total. The van der Waals surface area contributed by atoms with E-state index in [4.69, 9.17) is 4.74 Å². The largest absolute Gasteiger partial charge is 0.371 e. The molecule has 0 aromatic carbocycles. The fourth-order valence-electron chi connectivity index (χ4n) is 2.51. The minimum Gasteiger partial charge on any atom is -0.371 e. The Kier molecular flexibility index (Phi) is 5.07. The maximum absolute atomic E-state index is 6.28. The average molecular weight is 213 g/mol. The van der Waals surface area contributed by atoms with Gasteiger partial charge in [0.15, 0.2) is 0 Å². The second-order valence-electron chi connectivity index (χ2n) is 5.35. The molecule has 0 spiro atoms. The molecule has 1 aliphatic carbocycles. The van der Waals surface area contributed by atoms with E-state index in [2.05, 4.69) is 26.1 Å². The SMILES string of the molecule is CCC(C)(CNC)OC1CCCC(C)C1. The van der Waals surface area contributed by atoms with Gasteiger partial charge in [-0.1, -0.05) is 26.7 Å². The van der Waals surface area contributed by atoms with Crippen LogP contribution in [0.5, 0.6) is 0 Å². The van der Waals surface area contributed by atoms with Crippen molar-refractivity contribution in [1.82, 2.24) is 5.32 Å². The molecule has 0 radical (unpaired) electrons. The predicted molar refractivity (Wildman–Crippen MR) is 65.1 cm³/mol. The number of hydrogen-bond acceptors (Lipinski definition) is 2. The van der Waals surface area contributed by atoms with Crippen molar-refractivity contribution in [3.8, 4) is 0 Å². The van der Waals surface area contributed by atoms with Crippen LogP contribution in [0.1, 0.15) is 52.9 Å². The normalized spacial score (nSPS) is 31.2. The highest BCUT2D eigenvalue weighted by atomic mass is 16.5. The van der Waals surface area contributed by atoms with Crippen LogP contribution in [-0.4, -0.2) is 25.3 Å². The predicted octanol–water partition coefficient (Wildman–Crippen LogP) is 2.97. The number of ether oxygens (including phenoxy) is 1. The van der Waals surface area contributed by atoms with Crippen LogP contribution in [-0.2, 0) is 4.74 Å². The first-order valence-corrected chi connectivity index (χ1v) is 6.42. The fourth-order valence-corrected chi connectivity index (χ4v) is 2.51. The fraction of sp³-hybridized carbons (Fsp3) is 1.00. The maximum Gasteiger partial charge on any atom is 0.0779 e. The van der Waals surface area contributed by atoms with Crippen molar-refractivity contribution in [3.63, 3.8) is 0 Å². The Bertz CT molecular complexity index is 183. The van der Waals surface area contributed by atoms with Crippen LogP contribution in [0.2, 0.25) is 0 Å². The second-order valence-corrected chi connectivity index (χ2v) is 5.35. The van der Waals surface area contributed by atoms with E-state index in [1.165, 1.54) is 25.7 Å². The summed E-state index contributed by atoms with van der Waals surface area (Å²) in [6, 6.07) is 0. The Morgan fingerprint density at radius 3 is 2.67 bits per heavy atom. The van der Waals surface area contributed by atoms with Crippen molar-refractivity contribution in [2.24, 2.45) is 5.92 Å².